The summed E-state index contributed by atoms with van der Waals surface area (Å²) in [6.07, 6.45) is 2.27. The van der Waals surface area contributed by atoms with Crippen molar-refractivity contribution in [3.05, 3.63) is 48.0 Å². The molecule has 29 heavy (non-hydrogen) atoms. The summed E-state index contributed by atoms with van der Waals surface area (Å²) in [4.78, 5) is 4.28. The molecule has 0 saturated carbocycles. The predicted octanol–water partition coefficient (Wildman–Crippen LogP) is 4.05. The van der Waals surface area contributed by atoms with Crippen LogP contribution in [0.4, 0.5) is 0 Å². The van der Waals surface area contributed by atoms with Gasteiger partial charge in [0.05, 0.1) is 12.7 Å². The normalized spacial score (nSPS) is 16.6. The lowest BCUT2D eigenvalue weighted by Crippen LogP contribution is -2.39. The molecule has 1 heterocycles. The number of aliphatic imine (C=N–C) groups is 1. The summed E-state index contributed by atoms with van der Waals surface area (Å²) in [6, 6.07) is 15.1. The molecule has 0 aromatic heterocycles. The van der Waals surface area contributed by atoms with Gasteiger partial charge in [0.25, 0.3) is 0 Å². The number of guanidine groups is 1. The van der Waals surface area contributed by atoms with Gasteiger partial charge in [0, 0.05) is 44.9 Å². The first-order valence-electron chi connectivity index (χ1n) is 10.0. The highest BCUT2D eigenvalue weighted by Gasteiger charge is 2.15. The van der Waals surface area contributed by atoms with Crippen molar-refractivity contribution < 1.29 is 9.47 Å². The Morgan fingerprint density at radius 3 is 2.83 bits per heavy atom. The molecule has 2 aromatic rings. The average Bonchev–Trinajstić information content (AvgIpc) is 3.25. The maximum Gasteiger partial charge on any atom is 0.191 e. The van der Waals surface area contributed by atoms with Crippen molar-refractivity contribution in [1.29, 1.82) is 0 Å². The molecule has 1 aliphatic heterocycles. The number of benzene rings is 2. The fourth-order valence-electron chi connectivity index (χ4n) is 3.24. The molecule has 2 N–H and O–H groups in total. The van der Waals surface area contributed by atoms with Crippen LogP contribution in [0, 0.1) is 0 Å². The number of nitrogens with one attached hydrogen (secondary N) is 2. The Hall–Kier alpha value is -1.03. The molecule has 5 nitrogen and oxygen atoms in total. The molecule has 2 aromatic carbocycles. The third kappa shape index (κ3) is 8.32. The van der Waals surface area contributed by atoms with Crippen LogP contribution in [0.15, 0.2) is 47.5 Å². The standard InChI is InChI=1S/C22H31N3O2S.HI/c1-23-22(24-11-5-13-27-20-10-14-26-16-20)25-12-15-28-17-19-8-4-7-18-6-2-3-9-21(18)19;/h2-4,6-9,20H,5,10-17H2,1H3,(H2,23,24,25);1H. The van der Waals surface area contributed by atoms with Crippen LogP contribution < -0.4 is 10.6 Å². The predicted molar refractivity (Wildman–Crippen MR) is 135 cm³/mol. The van der Waals surface area contributed by atoms with Gasteiger partial charge in [0.1, 0.15) is 0 Å². The smallest absolute Gasteiger partial charge is 0.191 e. The molecule has 3 rings (SSSR count). The number of hydrogen-bond acceptors (Lipinski definition) is 4. The van der Waals surface area contributed by atoms with E-state index >= 15 is 0 Å². The average molecular weight is 529 g/mol. The van der Waals surface area contributed by atoms with Crippen LogP contribution >= 0.6 is 35.7 Å². The molecule has 1 aliphatic rings. The molecule has 7 heteroatoms. The van der Waals surface area contributed by atoms with Gasteiger partial charge in [-0.3, -0.25) is 4.99 Å². The minimum atomic E-state index is 0. The van der Waals surface area contributed by atoms with Gasteiger partial charge in [0.2, 0.25) is 0 Å². The van der Waals surface area contributed by atoms with Gasteiger partial charge in [0.15, 0.2) is 5.96 Å². The number of thioether (sulfide) groups is 1. The monoisotopic (exact) mass is 529 g/mol. The Labute approximate surface area is 195 Å². The van der Waals surface area contributed by atoms with Crippen LogP contribution in [0.1, 0.15) is 18.4 Å². The van der Waals surface area contributed by atoms with Gasteiger partial charge >= 0.3 is 0 Å². The molecular formula is C22H32IN3O2S. The SMILES string of the molecule is CN=C(NCCCOC1CCOC1)NCCSCc1cccc2ccccc12.I. The van der Waals surface area contributed by atoms with Crippen LogP contribution in [-0.2, 0) is 15.2 Å². The van der Waals surface area contributed by atoms with Gasteiger partial charge in [-0.05, 0) is 29.2 Å². The largest absolute Gasteiger partial charge is 0.379 e. The van der Waals surface area contributed by atoms with Crippen molar-refractivity contribution in [3.8, 4) is 0 Å². The van der Waals surface area contributed by atoms with Crippen LogP contribution in [0.3, 0.4) is 0 Å². The maximum absolute atomic E-state index is 5.78. The number of fused-ring (bicyclic) bond motifs is 1. The fourth-order valence-corrected chi connectivity index (χ4v) is 4.10. The molecule has 0 bridgehead atoms. The summed E-state index contributed by atoms with van der Waals surface area (Å²) in [5, 5.41) is 9.40. The number of rotatable bonds is 10. The summed E-state index contributed by atoms with van der Waals surface area (Å²) >= 11 is 1.94. The van der Waals surface area contributed by atoms with Crippen LogP contribution in [0.5, 0.6) is 0 Å². The van der Waals surface area contributed by atoms with E-state index in [0.29, 0.717) is 0 Å². The number of nitrogens with zero attached hydrogens (tertiary/aromatic N) is 1. The first kappa shape index (κ1) is 24.2. The minimum absolute atomic E-state index is 0. The summed E-state index contributed by atoms with van der Waals surface area (Å²) in [7, 11) is 1.81. The van der Waals surface area contributed by atoms with Crippen molar-refractivity contribution in [3.63, 3.8) is 0 Å². The van der Waals surface area contributed by atoms with Crippen molar-refractivity contribution in [2.45, 2.75) is 24.7 Å². The summed E-state index contributed by atoms with van der Waals surface area (Å²) in [5.74, 6) is 2.92. The van der Waals surface area contributed by atoms with Gasteiger partial charge in [-0.2, -0.15) is 11.8 Å². The number of ether oxygens (including phenoxy) is 2. The summed E-state index contributed by atoms with van der Waals surface area (Å²) < 4.78 is 11.1. The molecule has 0 amide bonds. The third-order valence-electron chi connectivity index (χ3n) is 4.75. The van der Waals surface area contributed by atoms with Gasteiger partial charge < -0.3 is 20.1 Å². The first-order valence-corrected chi connectivity index (χ1v) is 11.2. The van der Waals surface area contributed by atoms with Crippen LogP contribution in [-0.4, -0.2) is 57.8 Å². The van der Waals surface area contributed by atoms with Crippen LogP contribution in [0.25, 0.3) is 10.8 Å². The van der Waals surface area contributed by atoms with Crippen molar-refractivity contribution in [2.24, 2.45) is 4.99 Å². The molecular weight excluding hydrogens is 497 g/mol. The van der Waals surface area contributed by atoms with E-state index in [9.17, 15) is 0 Å². The summed E-state index contributed by atoms with van der Waals surface area (Å²) in [6.45, 7) is 4.09. The van der Waals surface area contributed by atoms with E-state index in [0.717, 1.165) is 63.2 Å². The van der Waals surface area contributed by atoms with Crippen molar-refractivity contribution in [2.75, 3.05) is 45.7 Å². The van der Waals surface area contributed by atoms with Gasteiger partial charge in [-0.15, -0.1) is 24.0 Å². The Morgan fingerprint density at radius 2 is 2.00 bits per heavy atom. The number of hydrogen-bond donors (Lipinski definition) is 2. The summed E-state index contributed by atoms with van der Waals surface area (Å²) in [5.41, 5.74) is 1.40. The van der Waals surface area contributed by atoms with Gasteiger partial charge in [-0.25, -0.2) is 0 Å². The second kappa shape index (κ2) is 14.1. The lowest BCUT2D eigenvalue weighted by atomic mass is 10.1. The Bertz CT molecular complexity index is 748. The second-order valence-corrected chi connectivity index (χ2v) is 7.93. The van der Waals surface area contributed by atoms with E-state index in [-0.39, 0.29) is 30.1 Å². The molecule has 160 valence electrons. The maximum atomic E-state index is 5.78. The zero-order chi connectivity index (χ0) is 19.4. The van der Waals surface area contributed by atoms with E-state index in [2.05, 4.69) is 58.1 Å². The molecule has 0 aliphatic carbocycles. The quantitative estimate of drug-likeness (QED) is 0.211. The fraction of sp³-hybridized carbons (Fsp3) is 0.500. The van der Waals surface area contributed by atoms with E-state index in [4.69, 9.17) is 9.47 Å². The molecule has 1 unspecified atom stereocenters. The molecule has 0 radical (unpaired) electrons. The van der Waals surface area contributed by atoms with Crippen molar-refractivity contribution in [1.82, 2.24) is 10.6 Å². The van der Waals surface area contributed by atoms with Crippen molar-refractivity contribution >= 4 is 52.5 Å². The topological polar surface area (TPSA) is 54.9 Å². The van der Waals surface area contributed by atoms with Gasteiger partial charge in [-0.1, -0.05) is 42.5 Å². The lowest BCUT2D eigenvalue weighted by molar-refractivity contribution is 0.0420. The molecule has 0 spiro atoms. The highest BCUT2D eigenvalue weighted by atomic mass is 127. The van der Waals surface area contributed by atoms with E-state index in [1.54, 1.807) is 0 Å². The minimum Gasteiger partial charge on any atom is -0.379 e. The Morgan fingerprint density at radius 1 is 1.17 bits per heavy atom. The zero-order valence-electron chi connectivity index (χ0n) is 17.1. The Balaban J connectivity index is 0.00000300. The second-order valence-electron chi connectivity index (χ2n) is 6.83. The van der Waals surface area contributed by atoms with E-state index < -0.39 is 0 Å². The lowest BCUT2D eigenvalue weighted by Gasteiger charge is -2.13. The molecule has 1 saturated heterocycles. The first-order chi connectivity index (χ1) is 13.9. The molecule has 1 atom stereocenters. The van der Waals surface area contributed by atoms with E-state index in [1.165, 1.54) is 16.3 Å². The van der Waals surface area contributed by atoms with E-state index in [1.807, 2.05) is 18.8 Å². The Kier molecular flexibility index (Phi) is 11.8. The van der Waals surface area contributed by atoms with Crippen LogP contribution in [0.2, 0.25) is 0 Å². The zero-order valence-corrected chi connectivity index (χ0v) is 20.2. The number of halogens is 1. The highest BCUT2D eigenvalue weighted by Crippen LogP contribution is 2.22. The third-order valence-corrected chi connectivity index (χ3v) is 5.76. The highest BCUT2D eigenvalue weighted by molar-refractivity contribution is 14.0. The molecule has 1 fully saturated rings.